The summed E-state index contributed by atoms with van der Waals surface area (Å²) in [7, 11) is 1.50. The summed E-state index contributed by atoms with van der Waals surface area (Å²) >= 11 is 0. The van der Waals surface area contributed by atoms with Gasteiger partial charge < -0.3 is 9.84 Å². The summed E-state index contributed by atoms with van der Waals surface area (Å²) in [6, 6.07) is 11.2. The number of ether oxygens (including phenoxy) is 1. The normalized spacial score (nSPS) is 13.1. The first-order chi connectivity index (χ1) is 9.41. The Kier molecular flexibility index (Phi) is 3.99. The van der Waals surface area contributed by atoms with Crippen LogP contribution in [0.2, 0.25) is 0 Å². The molecule has 2 aromatic carbocycles. The van der Waals surface area contributed by atoms with Crippen LogP contribution in [0.25, 0.3) is 0 Å². The highest BCUT2D eigenvalue weighted by Crippen LogP contribution is 2.31. The van der Waals surface area contributed by atoms with Gasteiger partial charge in [0.05, 0.1) is 12.7 Å². The first kappa shape index (κ1) is 14.4. The van der Waals surface area contributed by atoms with Crippen molar-refractivity contribution in [1.82, 2.24) is 0 Å². The number of aliphatic hydroxyl groups excluding tert-OH is 1. The van der Waals surface area contributed by atoms with Crippen molar-refractivity contribution in [3.8, 4) is 5.75 Å². The van der Waals surface area contributed by atoms with E-state index in [1.165, 1.54) is 19.2 Å². The van der Waals surface area contributed by atoms with E-state index in [1.54, 1.807) is 24.3 Å². The minimum Gasteiger partial charge on any atom is -0.497 e. The van der Waals surface area contributed by atoms with Gasteiger partial charge in [-0.05, 0) is 35.4 Å². The van der Waals surface area contributed by atoms with E-state index >= 15 is 0 Å². The highest BCUT2D eigenvalue weighted by molar-refractivity contribution is 5.36. The Balaban J connectivity index is 2.26. The molecule has 0 heterocycles. The fraction of sp³-hybridized carbons (Fsp3) is 0.200. The zero-order chi connectivity index (χ0) is 14.8. The summed E-state index contributed by atoms with van der Waals surface area (Å²) in [4.78, 5) is 0. The summed E-state index contributed by atoms with van der Waals surface area (Å²) in [5, 5.41) is 10.2. The number of rotatable bonds is 3. The van der Waals surface area contributed by atoms with Gasteiger partial charge in [-0.2, -0.15) is 13.2 Å². The lowest BCUT2D eigenvalue weighted by molar-refractivity contribution is -0.137. The summed E-state index contributed by atoms with van der Waals surface area (Å²) in [5.74, 6) is 0.577. The van der Waals surface area contributed by atoms with Crippen LogP contribution in [0, 0.1) is 0 Å². The highest BCUT2D eigenvalue weighted by Gasteiger charge is 2.30. The SMILES string of the molecule is COc1cccc(C(O)c2ccc(C(F)(F)F)cc2)c1. The lowest BCUT2D eigenvalue weighted by Gasteiger charge is -2.14. The van der Waals surface area contributed by atoms with E-state index in [0.717, 1.165) is 12.1 Å². The number of methoxy groups -OCH3 is 1. The summed E-state index contributed by atoms with van der Waals surface area (Å²) in [6.07, 6.45) is -5.37. The van der Waals surface area contributed by atoms with Gasteiger partial charge in [0.15, 0.2) is 0 Å². The van der Waals surface area contributed by atoms with Crippen LogP contribution >= 0.6 is 0 Å². The molecular formula is C15H13F3O2. The monoisotopic (exact) mass is 282 g/mol. The third-order valence-corrected chi connectivity index (χ3v) is 2.96. The largest absolute Gasteiger partial charge is 0.497 e. The van der Waals surface area contributed by atoms with E-state index in [4.69, 9.17) is 4.74 Å². The standard InChI is InChI=1S/C15H13F3O2/c1-20-13-4-2-3-11(9-13)14(19)10-5-7-12(8-6-10)15(16,17)18/h2-9,14,19H,1H3. The molecule has 0 aliphatic carbocycles. The molecule has 1 N–H and O–H groups in total. The van der Waals surface area contributed by atoms with Crippen LogP contribution < -0.4 is 4.74 Å². The van der Waals surface area contributed by atoms with E-state index in [2.05, 4.69) is 0 Å². The second-order valence-corrected chi connectivity index (χ2v) is 4.30. The van der Waals surface area contributed by atoms with Gasteiger partial charge in [-0.3, -0.25) is 0 Å². The molecule has 0 radical (unpaired) electrons. The van der Waals surface area contributed by atoms with Crippen LogP contribution in [0.5, 0.6) is 5.75 Å². The van der Waals surface area contributed by atoms with Crippen molar-refractivity contribution < 1.29 is 23.0 Å². The fourth-order valence-electron chi connectivity index (χ4n) is 1.86. The molecule has 0 aliphatic rings. The maximum absolute atomic E-state index is 12.5. The topological polar surface area (TPSA) is 29.5 Å². The minimum absolute atomic E-state index is 0.395. The van der Waals surface area contributed by atoms with Gasteiger partial charge in [0, 0.05) is 0 Å². The van der Waals surface area contributed by atoms with E-state index in [1.807, 2.05) is 0 Å². The quantitative estimate of drug-likeness (QED) is 0.928. The molecule has 1 atom stereocenters. The van der Waals surface area contributed by atoms with E-state index in [9.17, 15) is 18.3 Å². The van der Waals surface area contributed by atoms with Crippen LogP contribution in [0.4, 0.5) is 13.2 Å². The van der Waals surface area contributed by atoms with Crippen molar-refractivity contribution in [2.75, 3.05) is 7.11 Å². The fourth-order valence-corrected chi connectivity index (χ4v) is 1.86. The smallest absolute Gasteiger partial charge is 0.416 e. The number of hydrogen-bond donors (Lipinski definition) is 1. The molecule has 2 rings (SSSR count). The summed E-state index contributed by atoms with van der Waals surface area (Å²) in [6.45, 7) is 0. The van der Waals surface area contributed by atoms with Crippen LogP contribution in [-0.4, -0.2) is 12.2 Å². The molecule has 0 aliphatic heterocycles. The van der Waals surface area contributed by atoms with Crippen LogP contribution in [0.1, 0.15) is 22.8 Å². The Morgan fingerprint density at radius 2 is 1.65 bits per heavy atom. The van der Waals surface area contributed by atoms with Gasteiger partial charge in [0.1, 0.15) is 11.9 Å². The molecule has 20 heavy (non-hydrogen) atoms. The van der Waals surface area contributed by atoms with Gasteiger partial charge >= 0.3 is 6.18 Å². The maximum Gasteiger partial charge on any atom is 0.416 e. The predicted molar refractivity (Wildman–Crippen MR) is 68.5 cm³/mol. The second-order valence-electron chi connectivity index (χ2n) is 4.30. The molecular weight excluding hydrogens is 269 g/mol. The second kappa shape index (κ2) is 5.54. The zero-order valence-corrected chi connectivity index (χ0v) is 10.7. The van der Waals surface area contributed by atoms with Crippen LogP contribution in [-0.2, 0) is 6.18 Å². The molecule has 106 valence electrons. The first-order valence-electron chi connectivity index (χ1n) is 5.91. The Bertz CT molecular complexity index is 576. The molecule has 2 nitrogen and oxygen atoms in total. The number of aliphatic hydroxyl groups is 1. The molecule has 0 amide bonds. The zero-order valence-electron chi connectivity index (χ0n) is 10.7. The van der Waals surface area contributed by atoms with Gasteiger partial charge in [-0.15, -0.1) is 0 Å². The number of halogens is 3. The summed E-state index contributed by atoms with van der Waals surface area (Å²) < 4.78 is 42.4. The van der Waals surface area contributed by atoms with Crippen molar-refractivity contribution in [1.29, 1.82) is 0 Å². The van der Waals surface area contributed by atoms with Crippen molar-refractivity contribution in [3.05, 3.63) is 65.2 Å². The van der Waals surface area contributed by atoms with Crippen molar-refractivity contribution in [2.45, 2.75) is 12.3 Å². The van der Waals surface area contributed by atoms with Crippen LogP contribution in [0.15, 0.2) is 48.5 Å². The minimum atomic E-state index is -4.38. The average molecular weight is 282 g/mol. The molecule has 0 fully saturated rings. The molecule has 1 unspecified atom stereocenters. The van der Waals surface area contributed by atoms with Crippen LogP contribution in [0.3, 0.4) is 0 Å². The molecule has 0 saturated carbocycles. The Labute approximate surface area is 114 Å². The molecule has 5 heteroatoms. The van der Waals surface area contributed by atoms with Crippen molar-refractivity contribution in [2.24, 2.45) is 0 Å². The molecule has 0 saturated heterocycles. The number of hydrogen-bond acceptors (Lipinski definition) is 2. The molecule has 2 aromatic rings. The third-order valence-electron chi connectivity index (χ3n) is 2.96. The van der Waals surface area contributed by atoms with Gasteiger partial charge in [0.2, 0.25) is 0 Å². The lowest BCUT2D eigenvalue weighted by atomic mass is 10.00. The molecule has 0 bridgehead atoms. The van der Waals surface area contributed by atoms with Gasteiger partial charge in [-0.25, -0.2) is 0 Å². The predicted octanol–water partition coefficient (Wildman–Crippen LogP) is 3.80. The number of benzene rings is 2. The average Bonchev–Trinajstić information content (AvgIpc) is 2.46. The maximum atomic E-state index is 12.5. The highest BCUT2D eigenvalue weighted by atomic mass is 19.4. The third kappa shape index (κ3) is 3.11. The molecule has 0 aromatic heterocycles. The van der Waals surface area contributed by atoms with E-state index < -0.39 is 17.8 Å². The molecule has 0 spiro atoms. The van der Waals surface area contributed by atoms with Crippen molar-refractivity contribution >= 4 is 0 Å². The number of alkyl halides is 3. The van der Waals surface area contributed by atoms with Gasteiger partial charge in [0.25, 0.3) is 0 Å². The van der Waals surface area contributed by atoms with Crippen molar-refractivity contribution in [3.63, 3.8) is 0 Å². The first-order valence-corrected chi connectivity index (χ1v) is 5.91. The van der Waals surface area contributed by atoms with Gasteiger partial charge in [-0.1, -0.05) is 24.3 Å². The van der Waals surface area contributed by atoms with E-state index in [0.29, 0.717) is 16.9 Å². The Morgan fingerprint density at radius 1 is 1.00 bits per heavy atom. The lowest BCUT2D eigenvalue weighted by Crippen LogP contribution is -2.06. The Hall–Kier alpha value is -2.01. The van der Waals surface area contributed by atoms with E-state index in [-0.39, 0.29) is 0 Å². The summed E-state index contributed by atoms with van der Waals surface area (Å²) in [5.41, 5.74) is 0.217. The Morgan fingerprint density at radius 3 is 2.20 bits per heavy atom.